The molecule has 1 aliphatic heterocycles. The van der Waals surface area contributed by atoms with E-state index in [1.807, 2.05) is 6.07 Å². The van der Waals surface area contributed by atoms with Gasteiger partial charge in [0, 0.05) is 56.8 Å². The number of hydrogen-bond donors (Lipinski definition) is 2. The molecule has 10 nitrogen and oxygen atoms in total. The maximum absolute atomic E-state index is 14.5. The molecule has 0 spiro atoms. The Bertz CT molecular complexity index is 1630. The predicted octanol–water partition coefficient (Wildman–Crippen LogP) is 6.00. The molecule has 2 heterocycles. The number of pyridine rings is 1. The first-order chi connectivity index (χ1) is 21.3. The number of carbonyl (C=O) groups is 2. The Morgan fingerprint density at radius 3 is 2.44 bits per heavy atom. The number of urea groups is 1. The van der Waals surface area contributed by atoms with Crippen LogP contribution in [0, 0.1) is 11.6 Å². The smallest absolute Gasteiger partial charge is 0.322 e. The Morgan fingerprint density at radius 2 is 1.84 bits per heavy atom. The quantitative estimate of drug-likeness (QED) is 0.227. The van der Waals surface area contributed by atoms with Gasteiger partial charge in [-0.15, -0.1) is 0 Å². The minimum absolute atomic E-state index is 0.0926. The molecular weight excluding hydrogens is 628 g/mol. The highest BCUT2D eigenvalue weighted by Crippen LogP contribution is 2.31. The van der Waals surface area contributed by atoms with E-state index in [0.29, 0.717) is 51.0 Å². The molecule has 1 saturated heterocycles. The van der Waals surface area contributed by atoms with Crippen LogP contribution < -0.4 is 15.8 Å². The third-order valence-electron chi connectivity index (χ3n) is 7.57. The fraction of sp³-hybridized carbons (Fsp3) is 0.387. The molecule has 1 fully saturated rings. The summed E-state index contributed by atoms with van der Waals surface area (Å²) in [5, 5.41) is 2.67. The van der Waals surface area contributed by atoms with Crippen molar-refractivity contribution in [1.82, 2.24) is 14.8 Å². The van der Waals surface area contributed by atoms with E-state index in [1.54, 1.807) is 17.2 Å². The Kier molecular flexibility index (Phi) is 11.3. The van der Waals surface area contributed by atoms with Crippen molar-refractivity contribution in [2.75, 3.05) is 31.2 Å². The van der Waals surface area contributed by atoms with Gasteiger partial charge in [-0.2, -0.15) is 0 Å². The van der Waals surface area contributed by atoms with Crippen molar-refractivity contribution in [1.29, 1.82) is 0 Å². The zero-order valence-electron chi connectivity index (χ0n) is 25.1. The number of hydrogen-bond acceptors (Lipinski definition) is 7. The number of nitrogens with two attached hydrogens (primary N) is 1. The van der Waals surface area contributed by atoms with Crippen molar-refractivity contribution >= 4 is 39.1 Å². The van der Waals surface area contributed by atoms with Crippen molar-refractivity contribution in [2.45, 2.75) is 56.5 Å². The van der Waals surface area contributed by atoms with Crippen LogP contribution in [0.25, 0.3) is 0 Å². The van der Waals surface area contributed by atoms with Gasteiger partial charge in [-0.3, -0.25) is 9.69 Å². The number of primary amides is 1. The van der Waals surface area contributed by atoms with Gasteiger partial charge in [0.2, 0.25) is 5.88 Å². The molecule has 242 valence electrons. The number of piperidine rings is 1. The number of ether oxygens (including phenoxy) is 1. The van der Waals surface area contributed by atoms with Gasteiger partial charge in [-0.25, -0.2) is 27.0 Å². The number of rotatable bonds is 12. The standard InChI is InChI=1S/C31H36ClF2N5O5S/c1-3-4-5-12-39(31(41)37-27-16-23(30(35)40)25(33)17-26(27)34)21-10-13-38(14-11-21)19-20-6-9-29(36-18-20)44-28-8-7-22(15-24(28)32)45(2,42)43/h6-9,15-18,21H,3-5,10-14,19H2,1-2H3,(H2,35,40)(H,37,41). The minimum Gasteiger partial charge on any atom is -0.437 e. The number of amides is 3. The lowest BCUT2D eigenvalue weighted by atomic mass is 10.0. The summed E-state index contributed by atoms with van der Waals surface area (Å²) in [6, 6.07) is 8.68. The third-order valence-corrected chi connectivity index (χ3v) is 8.98. The van der Waals surface area contributed by atoms with E-state index < -0.39 is 39.0 Å². The van der Waals surface area contributed by atoms with Crippen molar-refractivity contribution in [3.63, 3.8) is 0 Å². The first kappa shape index (κ1) is 34.1. The fourth-order valence-corrected chi connectivity index (χ4v) is 6.05. The maximum Gasteiger partial charge on any atom is 0.322 e. The number of nitrogens with one attached hydrogen (secondary N) is 1. The molecule has 0 atom stereocenters. The van der Waals surface area contributed by atoms with Crippen molar-refractivity contribution < 1.29 is 31.5 Å². The number of carbonyl (C=O) groups excluding carboxylic acids is 2. The van der Waals surface area contributed by atoms with Crippen LogP contribution in [0.4, 0.5) is 19.3 Å². The van der Waals surface area contributed by atoms with Crippen molar-refractivity contribution in [3.8, 4) is 11.6 Å². The van der Waals surface area contributed by atoms with E-state index >= 15 is 0 Å². The van der Waals surface area contributed by atoms with E-state index in [2.05, 4.69) is 22.1 Å². The highest BCUT2D eigenvalue weighted by molar-refractivity contribution is 7.90. The van der Waals surface area contributed by atoms with Gasteiger partial charge < -0.3 is 20.7 Å². The van der Waals surface area contributed by atoms with Gasteiger partial charge in [0.15, 0.2) is 9.84 Å². The highest BCUT2D eigenvalue weighted by atomic mass is 35.5. The van der Waals surface area contributed by atoms with Crippen molar-refractivity contribution in [2.24, 2.45) is 5.73 Å². The molecule has 14 heteroatoms. The van der Waals surface area contributed by atoms with Gasteiger partial charge >= 0.3 is 6.03 Å². The molecule has 4 rings (SSSR count). The van der Waals surface area contributed by atoms with Crippen LogP contribution in [0.2, 0.25) is 5.02 Å². The minimum atomic E-state index is -3.39. The average Bonchev–Trinajstić information content (AvgIpc) is 2.98. The van der Waals surface area contributed by atoms with Gasteiger partial charge in [0.25, 0.3) is 5.91 Å². The zero-order valence-corrected chi connectivity index (χ0v) is 26.6. The molecule has 0 saturated carbocycles. The average molecular weight is 664 g/mol. The number of sulfone groups is 1. The number of nitrogens with zero attached hydrogens (tertiary/aromatic N) is 3. The topological polar surface area (TPSA) is 135 Å². The van der Waals surface area contributed by atoms with Gasteiger partial charge in [-0.05, 0) is 49.1 Å². The van der Waals surface area contributed by atoms with E-state index in [4.69, 9.17) is 22.1 Å². The van der Waals surface area contributed by atoms with Gasteiger partial charge in [0.1, 0.15) is 17.4 Å². The lowest BCUT2D eigenvalue weighted by Gasteiger charge is -2.38. The molecule has 0 aliphatic carbocycles. The Hall–Kier alpha value is -3.81. The number of likely N-dealkylation sites (tertiary alicyclic amines) is 1. The lowest BCUT2D eigenvalue weighted by molar-refractivity contribution is 0.0996. The summed E-state index contributed by atoms with van der Waals surface area (Å²) in [5.74, 6) is -2.55. The fourth-order valence-electron chi connectivity index (χ4n) is 5.12. The molecule has 1 aliphatic rings. The predicted molar refractivity (Wildman–Crippen MR) is 167 cm³/mol. The summed E-state index contributed by atoms with van der Waals surface area (Å²) in [6.07, 6.45) is 6.83. The normalized spacial score (nSPS) is 14.2. The van der Waals surface area contributed by atoms with Crippen LogP contribution in [-0.4, -0.2) is 67.1 Å². The number of anilines is 1. The van der Waals surface area contributed by atoms with Crippen LogP contribution in [0.1, 0.15) is 54.9 Å². The number of benzene rings is 2. The lowest BCUT2D eigenvalue weighted by Crippen LogP contribution is -2.49. The molecule has 1 aromatic heterocycles. The van der Waals surface area contributed by atoms with Gasteiger partial charge in [-0.1, -0.05) is 37.4 Å². The molecular formula is C31H36ClF2N5O5S. The summed E-state index contributed by atoms with van der Waals surface area (Å²) in [7, 11) is -3.39. The summed E-state index contributed by atoms with van der Waals surface area (Å²) in [6.45, 7) is 4.58. The SMILES string of the molecule is CCCCCN(C(=O)Nc1cc(C(N)=O)c(F)cc1F)C1CCN(Cc2ccc(Oc3ccc(S(C)(=O)=O)cc3Cl)nc2)CC1. The highest BCUT2D eigenvalue weighted by Gasteiger charge is 2.29. The molecule has 45 heavy (non-hydrogen) atoms. The Labute approximate surface area is 266 Å². The molecule has 3 N–H and O–H groups in total. The molecule has 0 radical (unpaired) electrons. The second-order valence-electron chi connectivity index (χ2n) is 11.0. The largest absolute Gasteiger partial charge is 0.437 e. The molecule has 0 bridgehead atoms. The van der Waals surface area contributed by atoms with Gasteiger partial charge in [0.05, 0.1) is 21.2 Å². The summed E-state index contributed by atoms with van der Waals surface area (Å²) < 4.78 is 57.6. The van der Waals surface area contributed by atoms with Crippen LogP contribution >= 0.6 is 11.6 Å². The molecule has 0 unspecified atom stereocenters. The first-order valence-corrected chi connectivity index (χ1v) is 16.8. The summed E-state index contributed by atoms with van der Waals surface area (Å²) >= 11 is 6.21. The van der Waals surface area contributed by atoms with E-state index in [1.165, 1.54) is 18.2 Å². The molecule has 3 amide bonds. The molecule has 3 aromatic rings. The Balaban J connectivity index is 1.35. The van der Waals surface area contributed by atoms with Crippen LogP contribution in [0.15, 0.2) is 53.6 Å². The third kappa shape index (κ3) is 9.12. The number of unbranched alkanes of at least 4 members (excludes halogenated alkanes) is 2. The van der Waals surface area contributed by atoms with Crippen molar-refractivity contribution in [3.05, 3.63) is 76.4 Å². The summed E-state index contributed by atoms with van der Waals surface area (Å²) in [5.41, 5.74) is 5.34. The van der Waals surface area contributed by atoms with Crippen LogP contribution in [-0.2, 0) is 16.4 Å². The monoisotopic (exact) mass is 663 g/mol. The van der Waals surface area contributed by atoms with Crippen LogP contribution in [0.3, 0.4) is 0 Å². The second kappa shape index (κ2) is 15.0. The van der Waals surface area contributed by atoms with E-state index in [0.717, 1.165) is 37.1 Å². The van der Waals surface area contributed by atoms with E-state index in [-0.39, 0.29) is 27.4 Å². The number of aromatic nitrogens is 1. The summed E-state index contributed by atoms with van der Waals surface area (Å²) in [4.78, 5) is 33.2. The second-order valence-corrected chi connectivity index (χ2v) is 13.4. The first-order valence-electron chi connectivity index (χ1n) is 14.6. The van der Waals surface area contributed by atoms with E-state index in [9.17, 15) is 26.8 Å². The Morgan fingerprint density at radius 1 is 1.11 bits per heavy atom. The number of halogens is 3. The maximum atomic E-state index is 14.5. The van der Waals surface area contributed by atoms with Crippen LogP contribution in [0.5, 0.6) is 11.6 Å². The zero-order chi connectivity index (χ0) is 32.7. The molecule has 2 aromatic carbocycles.